The lowest BCUT2D eigenvalue weighted by atomic mass is 10.1. The maximum absolute atomic E-state index is 11.2. The average Bonchev–Trinajstić information content (AvgIpc) is 3.50. The molecule has 0 spiro atoms. The number of rotatable bonds is 15. The second-order valence-corrected chi connectivity index (χ2v) is 10.1. The van der Waals surface area contributed by atoms with Crippen LogP contribution in [0.5, 0.6) is 5.75 Å². The van der Waals surface area contributed by atoms with Crippen LogP contribution in [0.4, 0.5) is 0 Å². The summed E-state index contributed by atoms with van der Waals surface area (Å²) in [6.07, 6.45) is 1.69. The van der Waals surface area contributed by atoms with E-state index in [0.717, 1.165) is 30.7 Å². The Labute approximate surface area is 234 Å². The highest BCUT2D eigenvalue weighted by atomic mass is 32.1. The van der Waals surface area contributed by atoms with Gasteiger partial charge in [-0.15, -0.1) is 11.3 Å². The first kappa shape index (κ1) is 32.0. The van der Waals surface area contributed by atoms with Gasteiger partial charge in [0.1, 0.15) is 18.4 Å². The molecule has 0 amide bonds. The number of hydrogen-bond acceptors (Lipinski definition) is 7. The van der Waals surface area contributed by atoms with E-state index in [1.54, 1.807) is 18.3 Å². The Hall–Kier alpha value is -3.18. The summed E-state index contributed by atoms with van der Waals surface area (Å²) in [4.78, 5) is 22.6. The van der Waals surface area contributed by atoms with Crippen molar-refractivity contribution in [1.82, 2.24) is 4.57 Å². The third-order valence-corrected chi connectivity index (χ3v) is 7.11. The van der Waals surface area contributed by atoms with Gasteiger partial charge in [0.25, 0.3) is 0 Å². The molecule has 0 aliphatic carbocycles. The minimum absolute atomic E-state index is 0.343. The fraction of sp³-hybridized carbons (Fsp3) is 0.448. The van der Waals surface area contributed by atoms with E-state index in [0.29, 0.717) is 32.6 Å². The van der Waals surface area contributed by atoms with Crippen LogP contribution in [-0.4, -0.2) is 58.6 Å². The van der Waals surface area contributed by atoms with E-state index in [1.807, 2.05) is 24.3 Å². The third kappa shape index (κ3) is 10.8. The molecule has 0 aliphatic rings. The van der Waals surface area contributed by atoms with Gasteiger partial charge in [0, 0.05) is 18.7 Å². The van der Waals surface area contributed by atoms with E-state index in [1.165, 1.54) is 21.8 Å². The molecule has 10 heteroatoms. The maximum Gasteiger partial charge on any atom is 0.333 e. The quantitative estimate of drug-likeness (QED) is 0.199. The van der Waals surface area contributed by atoms with E-state index in [2.05, 4.69) is 42.0 Å². The molecule has 1 aromatic carbocycles. The van der Waals surface area contributed by atoms with Gasteiger partial charge in [-0.1, -0.05) is 18.6 Å². The lowest BCUT2D eigenvalue weighted by Crippen LogP contribution is -2.29. The monoisotopic (exact) mass is 559 g/mol. The predicted molar refractivity (Wildman–Crippen MR) is 154 cm³/mol. The SMILES string of the molecule is CCOC(Cc1ccc(OCCn2c(C)ccc2-c2cc(C)cs2)cc1)C(=O)O.NCCCC[C@H](N)C(=O)O. The van der Waals surface area contributed by atoms with Gasteiger partial charge < -0.3 is 35.7 Å². The molecule has 0 aliphatic heterocycles. The molecule has 9 nitrogen and oxygen atoms in total. The van der Waals surface area contributed by atoms with Gasteiger partial charge in [-0.2, -0.15) is 0 Å². The first-order valence-electron chi connectivity index (χ1n) is 13.1. The zero-order valence-corrected chi connectivity index (χ0v) is 23.8. The number of thiophene rings is 1. The van der Waals surface area contributed by atoms with Crippen LogP contribution in [0.25, 0.3) is 10.6 Å². The fourth-order valence-electron chi connectivity index (χ4n) is 3.89. The molecule has 2 heterocycles. The second-order valence-electron chi connectivity index (χ2n) is 9.21. The largest absolute Gasteiger partial charge is 0.492 e. The second kappa shape index (κ2) is 16.7. The van der Waals surface area contributed by atoms with Crippen molar-refractivity contribution in [3.05, 3.63) is 64.7 Å². The molecular formula is C29H41N3O6S. The van der Waals surface area contributed by atoms with Crippen LogP contribution >= 0.6 is 11.3 Å². The summed E-state index contributed by atoms with van der Waals surface area (Å²) < 4.78 is 13.5. The molecule has 2 aromatic heterocycles. The van der Waals surface area contributed by atoms with Gasteiger partial charge in [0.2, 0.25) is 0 Å². The Morgan fingerprint density at radius 3 is 2.33 bits per heavy atom. The van der Waals surface area contributed by atoms with Crippen LogP contribution in [0, 0.1) is 13.8 Å². The van der Waals surface area contributed by atoms with Crippen LogP contribution in [0.3, 0.4) is 0 Å². The Kier molecular flexibility index (Phi) is 13.7. The molecule has 2 atom stereocenters. The first-order valence-corrected chi connectivity index (χ1v) is 14.0. The number of aryl methyl sites for hydroxylation is 2. The highest BCUT2D eigenvalue weighted by molar-refractivity contribution is 7.13. The number of benzene rings is 1. The molecule has 3 rings (SSSR count). The zero-order valence-electron chi connectivity index (χ0n) is 23.0. The van der Waals surface area contributed by atoms with Gasteiger partial charge in [0.15, 0.2) is 6.10 Å². The lowest BCUT2D eigenvalue weighted by molar-refractivity contribution is -0.150. The number of hydrogen-bond donors (Lipinski definition) is 4. The number of nitrogens with two attached hydrogens (primary N) is 2. The smallest absolute Gasteiger partial charge is 0.333 e. The number of ether oxygens (including phenoxy) is 2. The first-order chi connectivity index (χ1) is 18.7. The molecule has 0 radical (unpaired) electrons. The zero-order chi connectivity index (χ0) is 28.8. The van der Waals surface area contributed by atoms with E-state index in [9.17, 15) is 14.7 Å². The van der Waals surface area contributed by atoms with Gasteiger partial charge in [-0.05, 0) is 87.0 Å². The predicted octanol–water partition coefficient (Wildman–Crippen LogP) is 4.47. The fourth-order valence-corrected chi connectivity index (χ4v) is 4.82. The highest BCUT2D eigenvalue weighted by Gasteiger charge is 2.18. The molecule has 6 N–H and O–H groups in total. The summed E-state index contributed by atoms with van der Waals surface area (Å²) in [6.45, 7) is 8.32. The summed E-state index contributed by atoms with van der Waals surface area (Å²) in [5.41, 5.74) is 15.0. The van der Waals surface area contributed by atoms with Crippen LogP contribution in [0.15, 0.2) is 47.8 Å². The van der Waals surface area contributed by atoms with Crippen molar-refractivity contribution < 1.29 is 29.3 Å². The van der Waals surface area contributed by atoms with Crippen molar-refractivity contribution in [1.29, 1.82) is 0 Å². The van der Waals surface area contributed by atoms with Crippen LogP contribution < -0.4 is 16.2 Å². The van der Waals surface area contributed by atoms with Gasteiger partial charge >= 0.3 is 11.9 Å². The third-order valence-electron chi connectivity index (χ3n) is 6.04. The number of carboxylic acid groups (broad SMARTS) is 2. The summed E-state index contributed by atoms with van der Waals surface area (Å²) in [7, 11) is 0. The minimum Gasteiger partial charge on any atom is -0.492 e. The normalized spacial score (nSPS) is 12.3. The molecule has 1 unspecified atom stereocenters. The molecule has 0 bridgehead atoms. The number of unbranched alkanes of at least 4 members (excludes halogenated alkanes) is 1. The molecule has 0 saturated carbocycles. The van der Waals surface area contributed by atoms with Crippen molar-refractivity contribution in [2.24, 2.45) is 11.5 Å². The minimum atomic E-state index is -0.939. The number of carbonyl (C=O) groups is 2. The Morgan fingerprint density at radius 2 is 1.77 bits per heavy atom. The van der Waals surface area contributed by atoms with Gasteiger partial charge in [-0.25, -0.2) is 4.79 Å². The van der Waals surface area contributed by atoms with Crippen LogP contribution in [-0.2, 0) is 27.3 Å². The number of aromatic nitrogens is 1. The standard InChI is InChI=1S/C23H27NO4S.C6H14N2O2/c1-4-27-21(23(25)26)14-18-6-8-19(9-7-18)28-12-11-24-17(3)5-10-20(24)22-13-16(2)15-29-22;7-4-2-1-3-5(8)6(9)10/h5-10,13,15,21H,4,11-12,14H2,1-3H3,(H,25,26);5H,1-4,7-8H2,(H,9,10)/t;5-/m.0/s1. The summed E-state index contributed by atoms with van der Waals surface area (Å²) in [6, 6.07) is 13.3. The Balaban J connectivity index is 0.000000455. The summed E-state index contributed by atoms with van der Waals surface area (Å²) in [5, 5.41) is 19.7. The molecular weight excluding hydrogens is 518 g/mol. The maximum atomic E-state index is 11.2. The molecule has 214 valence electrons. The Bertz CT molecular complexity index is 1160. The van der Waals surface area contributed by atoms with Crippen molar-refractivity contribution >= 4 is 23.3 Å². The molecule has 3 aromatic rings. The van der Waals surface area contributed by atoms with Crippen molar-refractivity contribution in [2.45, 2.75) is 65.1 Å². The van der Waals surface area contributed by atoms with Crippen molar-refractivity contribution in [3.8, 4) is 16.3 Å². The van der Waals surface area contributed by atoms with Crippen LogP contribution in [0.1, 0.15) is 43.0 Å². The number of carboxylic acids is 2. The number of aliphatic carboxylic acids is 2. The molecule has 0 fully saturated rings. The number of nitrogens with zero attached hydrogens (tertiary/aromatic N) is 1. The lowest BCUT2D eigenvalue weighted by Gasteiger charge is -2.14. The van der Waals surface area contributed by atoms with Gasteiger partial charge in [-0.3, -0.25) is 4.79 Å². The highest BCUT2D eigenvalue weighted by Crippen LogP contribution is 2.29. The summed E-state index contributed by atoms with van der Waals surface area (Å²) >= 11 is 1.76. The van der Waals surface area contributed by atoms with Crippen molar-refractivity contribution in [2.75, 3.05) is 19.8 Å². The van der Waals surface area contributed by atoms with E-state index >= 15 is 0 Å². The summed E-state index contributed by atoms with van der Waals surface area (Å²) in [5.74, 6) is -1.10. The molecule has 0 saturated heterocycles. The van der Waals surface area contributed by atoms with Gasteiger partial charge in [0.05, 0.1) is 17.1 Å². The average molecular weight is 560 g/mol. The van der Waals surface area contributed by atoms with E-state index in [-0.39, 0.29) is 0 Å². The van der Waals surface area contributed by atoms with Crippen molar-refractivity contribution in [3.63, 3.8) is 0 Å². The topological polar surface area (TPSA) is 150 Å². The molecule has 39 heavy (non-hydrogen) atoms. The van der Waals surface area contributed by atoms with E-state index in [4.69, 9.17) is 26.0 Å². The van der Waals surface area contributed by atoms with Crippen LogP contribution in [0.2, 0.25) is 0 Å². The van der Waals surface area contributed by atoms with E-state index < -0.39 is 24.1 Å². The Morgan fingerprint density at radius 1 is 1.05 bits per heavy atom.